The van der Waals surface area contributed by atoms with Gasteiger partial charge in [-0.15, -0.1) is 0 Å². The van der Waals surface area contributed by atoms with Crippen molar-refractivity contribution < 1.29 is 14.3 Å². The first-order chi connectivity index (χ1) is 18.9. The number of rotatable bonds is 14. The number of ether oxygens (including phenoxy) is 2. The Morgan fingerprint density at radius 1 is 1.02 bits per heavy atom. The number of carbonyl (C=O) groups is 1. The first-order valence-electron chi connectivity index (χ1n) is 13.8. The van der Waals surface area contributed by atoms with Crippen LogP contribution in [0, 0.1) is 0 Å². The van der Waals surface area contributed by atoms with Crippen molar-refractivity contribution in [2.75, 3.05) is 25.2 Å². The molecule has 1 aromatic heterocycles. The first-order valence-corrected chi connectivity index (χ1v) is 15.3. The van der Waals surface area contributed by atoms with Crippen LogP contribution in [0.25, 0.3) is 0 Å². The summed E-state index contributed by atoms with van der Waals surface area (Å²) in [7, 11) is 0. The van der Waals surface area contributed by atoms with Crippen LogP contribution in [-0.4, -0.2) is 57.6 Å². The van der Waals surface area contributed by atoms with E-state index in [9.17, 15) is 9.59 Å². The zero-order valence-corrected chi connectivity index (χ0v) is 25.8. The molecule has 7 nitrogen and oxygen atoms in total. The second kappa shape index (κ2) is 14.0. The number of aromatic nitrogens is 2. The van der Waals surface area contributed by atoms with Gasteiger partial charge >= 0.3 is 0 Å². The van der Waals surface area contributed by atoms with Gasteiger partial charge in [-0.2, -0.15) is 0 Å². The van der Waals surface area contributed by atoms with Crippen molar-refractivity contribution in [1.29, 1.82) is 0 Å². The Balaban J connectivity index is 1.95. The molecule has 1 amide bonds. The van der Waals surface area contributed by atoms with E-state index in [2.05, 4.69) is 51.1 Å². The minimum atomic E-state index is -0.462. The first kappa shape index (κ1) is 31.4. The van der Waals surface area contributed by atoms with Crippen LogP contribution in [0.2, 0.25) is 0 Å². The quantitative estimate of drug-likeness (QED) is 0.220. The highest BCUT2D eigenvalue weighted by Gasteiger charge is 2.30. The van der Waals surface area contributed by atoms with Crippen molar-refractivity contribution in [1.82, 2.24) is 14.9 Å². The lowest BCUT2D eigenvalue weighted by atomic mass is 9.81. The number of aromatic amines is 1. The summed E-state index contributed by atoms with van der Waals surface area (Å²) in [6.07, 6.45) is 2.54. The fourth-order valence-electron chi connectivity index (χ4n) is 4.59. The molecule has 0 atom stereocenters. The number of amides is 1. The van der Waals surface area contributed by atoms with Crippen molar-refractivity contribution in [2.24, 2.45) is 0 Å². The summed E-state index contributed by atoms with van der Waals surface area (Å²) in [5.74, 6) is 0.929. The van der Waals surface area contributed by atoms with E-state index in [4.69, 9.17) is 14.5 Å². The number of H-pyrrole nitrogens is 1. The summed E-state index contributed by atoms with van der Waals surface area (Å²) < 4.78 is 12.1. The maximum atomic E-state index is 14.0. The number of hydrogen-bond acceptors (Lipinski definition) is 5. The monoisotopic (exact) mass is 566 g/mol. The average molecular weight is 567 g/mol. The standard InChI is InChI=1S/C32H43N3O4S/c1-23(2)35(18-19-39-32(5,6)22-40-7)30(37)27-28(38-21-24-14-10-8-11-15-24)29(36)34-26(33-27)20-31(3,4)25-16-12-9-13-17-25/h8-17,23H,18-22H2,1-7H3,(H,33,34,36)/p+1. The van der Waals surface area contributed by atoms with E-state index < -0.39 is 5.56 Å². The van der Waals surface area contributed by atoms with Gasteiger partial charge in [0.1, 0.15) is 23.8 Å². The molecule has 1 heterocycles. The maximum absolute atomic E-state index is 14.0. The van der Waals surface area contributed by atoms with Crippen LogP contribution in [0.5, 0.6) is 5.75 Å². The van der Waals surface area contributed by atoms with Gasteiger partial charge in [-0.25, -0.2) is 4.98 Å². The largest absolute Gasteiger partial charge is 0.481 e. The van der Waals surface area contributed by atoms with E-state index in [1.54, 1.807) is 4.90 Å². The Hall–Kier alpha value is -3.10. The van der Waals surface area contributed by atoms with Gasteiger partial charge < -0.3 is 19.4 Å². The molecule has 3 aromatic rings. The van der Waals surface area contributed by atoms with Crippen LogP contribution in [0.4, 0.5) is 0 Å². The summed E-state index contributed by atoms with van der Waals surface area (Å²) in [6.45, 7) is 13.1. The number of carbonyl (C=O) groups excluding carboxylic acids is 1. The maximum Gasteiger partial charge on any atom is 0.294 e. The third-order valence-electron chi connectivity index (χ3n) is 6.77. The van der Waals surface area contributed by atoms with Gasteiger partial charge in [-0.05, 0) is 56.0 Å². The van der Waals surface area contributed by atoms with Crippen LogP contribution in [-0.2, 0) is 34.9 Å². The molecule has 3 rings (SSSR count). The second-order valence-corrected chi connectivity index (χ2v) is 12.5. The molecule has 0 bridgehead atoms. The van der Waals surface area contributed by atoms with Crippen molar-refractivity contribution in [2.45, 2.75) is 71.6 Å². The second-order valence-electron chi connectivity index (χ2n) is 11.6. The van der Waals surface area contributed by atoms with Gasteiger partial charge in [-0.3, -0.25) is 9.59 Å². The number of nitrogens with zero attached hydrogens (tertiary/aromatic N) is 2. The van der Waals surface area contributed by atoms with E-state index >= 15 is 0 Å². The number of nitrogens with one attached hydrogen (secondary N) is 1. The van der Waals surface area contributed by atoms with E-state index in [0.717, 1.165) is 16.9 Å². The van der Waals surface area contributed by atoms with E-state index in [-0.39, 0.29) is 41.0 Å². The van der Waals surface area contributed by atoms with E-state index in [1.165, 1.54) is 11.8 Å². The summed E-state index contributed by atoms with van der Waals surface area (Å²) in [6, 6.07) is 19.5. The minimum absolute atomic E-state index is 0.0265. The normalized spacial score (nSPS) is 12.0. The summed E-state index contributed by atoms with van der Waals surface area (Å²) in [5, 5.41) is 0. The average Bonchev–Trinajstić information content (AvgIpc) is 2.90. The molecule has 216 valence electrons. The molecule has 0 aliphatic carbocycles. The van der Waals surface area contributed by atoms with Crippen LogP contribution in [0.3, 0.4) is 0 Å². The predicted octanol–water partition coefficient (Wildman–Crippen LogP) is 4.96. The topological polar surface area (TPSA) is 84.5 Å². The third-order valence-corrected chi connectivity index (χ3v) is 7.84. The van der Waals surface area contributed by atoms with Crippen LogP contribution in [0.15, 0.2) is 65.5 Å². The lowest BCUT2D eigenvalue weighted by Gasteiger charge is -2.29. The van der Waals surface area contributed by atoms with Crippen LogP contribution < -0.4 is 10.3 Å². The van der Waals surface area contributed by atoms with E-state index in [1.807, 2.05) is 62.4 Å². The van der Waals surface area contributed by atoms with Gasteiger partial charge in [0.05, 0.1) is 12.9 Å². The zero-order chi connectivity index (χ0) is 29.3. The number of thiol groups is 1. The molecule has 0 spiro atoms. The van der Waals surface area contributed by atoms with Gasteiger partial charge in [0.2, 0.25) is 5.75 Å². The van der Waals surface area contributed by atoms with Crippen LogP contribution in [0.1, 0.15) is 69.0 Å². The Bertz CT molecular complexity index is 1290. The van der Waals surface area contributed by atoms with E-state index in [0.29, 0.717) is 25.4 Å². The zero-order valence-electron chi connectivity index (χ0n) is 24.9. The SMILES string of the molecule is C[SH+]CC(C)(C)OCCN(C(=O)c1nc(CC(C)(C)c2ccccc2)[nH]c(=O)c1OCc1ccccc1)C(C)C. The summed E-state index contributed by atoms with van der Waals surface area (Å²) in [5.41, 5.74) is 0.963. The fraction of sp³-hybridized carbons (Fsp3) is 0.469. The summed E-state index contributed by atoms with van der Waals surface area (Å²) in [4.78, 5) is 36.7. The highest BCUT2D eigenvalue weighted by Crippen LogP contribution is 2.27. The Labute approximate surface area is 242 Å². The molecule has 0 aliphatic heterocycles. The minimum Gasteiger partial charge on any atom is -0.481 e. The van der Waals surface area contributed by atoms with Crippen molar-refractivity contribution in [3.05, 3.63) is 93.7 Å². The molecule has 2 aromatic carbocycles. The molecule has 0 saturated heterocycles. The molecule has 0 fully saturated rings. The molecule has 40 heavy (non-hydrogen) atoms. The highest BCUT2D eigenvalue weighted by molar-refractivity contribution is 7.77. The third kappa shape index (κ3) is 8.70. The molecule has 0 radical (unpaired) electrons. The molecular formula is C32H44N3O4S+. The number of hydrogen-bond donors (Lipinski definition) is 1. The van der Waals surface area contributed by atoms with Gasteiger partial charge in [0, 0.05) is 19.0 Å². The molecule has 0 aliphatic rings. The van der Waals surface area contributed by atoms with Gasteiger partial charge in [0.15, 0.2) is 5.69 Å². The molecule has 0 saturated carbocycles. The molecule has 8 heteroatoms. The fourth-order valence-corrected chi connectivity index (χ4v) is 5.44. The summed E-state index contributed by atoms with van der Waals surface area (Å²) >= 11 is 1.25. The van der Waals surface area contributed by atoms with Crippen molar-refractivity contribution >= 4 is 17.7 Å². The Kier molecular flexibility index (Phi) is 11.0. The number of benzene rings is 2. The molecule has 0 unspecified atom stereocenters. The Morgan fingerprint density at radius 3 is 2.25 bits per heavy atom. The highest BCUT2D eigenvalue weighted by atomic mass is 32.2. The smallest absolute Gasteiger partial charge is 0.294 e. The van der Waals surface area contributed by atoms with Gasteiger partial charge in [0.25, 0.3) is 11.5 Å². The Morgan fingerprint density at radius 2 is 1.65 bits per heavy atom. The molecule has 1 N–H and O–H groups in total. The van der Waals surface area contributed by atoms with Crippen molar-refractivity contribution in [3.63, 3.8) is 0 Å². The lowest BCUT2D eigenvalue weighted by molar-refractivity contribution is -0.0114. The van der Waals surface area contributed by atoms with Crippen molar-refractivity contribution in [3.8, 4) is 5.75 Å². The lowest BCUT2D eigenvalue weighted by Crippen LogP contribution is -2.42. The molecular weight excluding hydrogens is 522 g/mol. The predicted molar refractivity (Wildman–Crippen MR) is 165 cm³/mol. The van der Waals surface area contributed by atoms with Gasteiger partial charge in [-0.1, -0.05) is 74.5 Å². The van der Waals surface area contributed by atoms with Crippen LogP contribution >= 0.6 is 0 Å².